The number of amides is 6. The van der Waals surface area contributed by atoms with Gasteiger partial charge >= 0.3 is 30.5 Å². The number of ether oxygens (including phenoxy) is 15. The largest absolute Gasteiger partial charge is 0.533 e. The van der Waals surface area contributed by atoms with Crippen LogP contribution in [0.1, 0.15) is 148 Å². The van der Waals surface area contributed by atoms with Crippen molar-refractivity contribution in [3.63, 3.8) is 0 Å². The first-order valence-electron chi connectivity index (χ1n) is 42.6. The number of hydroxylamine groups is 2. The Bertz CT molecular complexity index is 2880. The molecule has 0 bridgehead atoms. The number of alkyl carbamates (subject to hydrolysis) is 4. The molecule has 1 saturated heterocycles. The number of nitrogens with one attached hydrogen (secondary N) is 4. The monoisotopic (exact) mass is 1610 g/mol. The van der Waals surface area contributed by atoms with Gasteiger partial charge in [-0.25, -0.2) is 24.0 Å². The van der Waals surface area contributed by atoms with Crippen molar-refractivity contribution in [1.29, 1.82) is 0 Å². The Balaban J connectivity index is 0.000000417. The number of nitrogens with zero attached hydrogens (tertiary/aromatic N) is 1. The van der Waals surface area contributed by atoms with Gasteiger partial charge in [0.2, 0.25) is 0 Å². The van der Waals surface area contributed by atoms with Crippen molar-refractivity contribution in [3.05, 3.63) is 0 Å². The van der Waals surface area contributed by atoms with Crippen molar-refractivity contribution in [3.8, 4) is 59.2 Å². The molecule has 0 aromatic carbocycles. The summed E-state index contributed by atoms with van der Waals surface area (Å²) in [6.45, 7) is 12.4. The standard InChI is InChI=1S/C65H96N4O16.C15H17NO5.C6H15NO2/c70-61(82-41-57-49-17-9-1-2-10-18-50(49)57)66-25-29-74-33-37-78-45-65(46-79-38-34-75-30-26-67-62(71)83-42-58-51-19-11-3-4-12-20-52(51)58,47-80-39-35-76-31-27-68-63(72)84-43-59-53-21-13-5-6-14-22-54(53)59)48-81-40-36-77-32-28-69-64(73)85-44-60-55-23-15-7-8-16-24-56(55)60;17-13-7-8-14(18)16(13)21-15(19)20-9-12-10-5-3-1-2-4-6-11(10)12;1-2-8-5-6-9-4-3-7/h49-60H,9-48H2,(H,66,70)(H,67,71)(H,68,72)(H,69,73);10-12H,3-9H2;2-7H2,1H3/t49-,50+,51-,52?,53-,54?,55-,56?,57?,58?,59?,60?,65?;10-,11+,12?;/m1../s1. The third kappa shape index (κ3) is 34.8. The van der Waals surface area contributed by atoms with Gasteiger partial charge in [-0.1, -0.05) is 5.06 Å². The van der Waals surface area contributed by atoms with Gasteiger partial charge in [0.15, 0.2) is 0 Å². The lowest BCUT2D eigenvalue weighted by atomic mass is 9.92. The van der Waals surface area contributed by atoms with E-state index >= 15 is 0 Å². The molecule has 6 fully saturated rings. The summed E-state index contributed by atoms with van der Waals surface area (Å²) in [7, 11) is 0. The Kier molecular flexibility index (Phi) is 42.5. The minimum atomic E-state index is -0.978. The van der Waals surface area contributed by atoms with Crippen molar-refractivity contribution >= 4 is 42.3 Å². The molecule has 6 amide bonds. The molecule has 5 saturated carbocycles. The minimum Gasteiger partial charge on any atom is -0.449 e. The van der Waals surface area contributed by atoms with Crippen LogP contribution >= 0.6 is 0 Å². The molecule has 640 valence electrons. The minimum absolute atomic E-state index is 0.0822. The summed E-state index contributed by atoms with van der Waals surface area (Å²) in [6.07, 6.45) is 17.2. The first kappa shape index (κ1) is 91.7. The Morgan fingerprint density at radius 1 is 0.330 bits per heavy atom. The van der Waals surface area contributed by atoms with Gasteiger partial charge in [-0.15, -0.1) is 59.2 Å². The molecule has 0 radical (unpaired) electrons. The van der Waals surface area contributed by atoms with Crippen molar-refractivity contribution in [1.82, 2.24) is 26.3 Å². The van der Waals surface area contributed by atoms with E-state index in [1.807, 2.05) is 6.92 Å². The van der Waals surface area contributed by atoms with E-state index in [1.54, 1.807) is 0 Å². The summed E-state index contributed by atoms with van der Waals surface area (Å²) >= 11 is 0. The van der Waals surface area contributed by atoms with Crippen molar-refractivity contribution < 1.29 is 109 Å². The number of rotatable bonds is 49. The molecule has 115 heavy (non-hydrogen) atoms. The Morgan fingerprint density at radius 2 is 0.557 bits per heavy atom. The molecular weight excluding hydrogens is 1480 g/mol. The summed E-state index contributed by atoms with van der Waals surface area (Å²) < 4.78 is 85.5. The fourth-order valence-corrected chi connectivity index (χ4v) is 16.9. The van der Waals surface area contributed by atoms with Crippen LogP contribution in [0, 0.1) is 153 Å². The Labute approximate surface area is 680 Å². The first-order chi connectivity index (χ1) is 56.5. The average molecular weight is 1610 g/mol. The third-order valence-corrected chi connectivity index (χ3v) is 23.4. The number of carbonyl (C=O) groups excluding carboxylic acids is 7. The number of fused-ring (bicyclic) bond motifs is 5. The zero-order valence-corrected chi connectivity index (χ0v) is 67.8. The third-order valence-electron chi connectivity index (χ3n) is 23.4. The van der Waals surface area contributed by atoms with Crippen LogP contribution in [0.25, 0.3) is 0 Å². The second kappa shape index (κ2) is 53.3. The van der Waals surface area contributed by atoms with E-state index in [2.05, 4.69) is 85.3 Å². The highest BCUT2D eigenvalue weighted by Gasteiger charge is 2.53. The summed E-state index contributed by atoms with van der Waals surface area (Å²) in [5, 5.41) is 11.7. The molecule has 15 atom stereocenters. The average Bonchev–Trinajstić information content (AvgIpc) is 1.66. The molecule has 0 spiro atoms. The van der Waals surface area contributed by atoms with Crippen LogP contribution in [0.2, 0.25) is 0 Å². The molecule has 8 unspecified atom stereocenters. The van der Waals surface area contributed by atoms with Crippen LogP contribution in [0.3, 0.4) is 0 Å². The van der Waals surface area contributed by atoms with Crippen LogP contribution in [-0.4, -0.2) is 245 Å². The van der Waals surface area contributed by atoms with Crippen molar-refractivity contribution in [2.45, 2.75) is 148 Å². The quantitative estimate of drug-likeness (QED) is 0.0125. The van der Waals surface area contributed by atoms with Crippen LogP contribution in [0.5, 0.6) is 0 Å². The fraction of sp³-hybridized carbons (Fsp3) is 0.802. The summed E-state index contributed by atoms with van der Waals surface area (Å²) in [4.78, 5) is 88.7. The number of hydrogen-bond acceptors (Lipinski definition) is 24. The van der Waals surface area contributed by atoms with Gasteiger partial charge in [0.25, 0.3) is 11.8 Å². The lowest BCUT2D eigenvalue weighted by Crippen LogP contribution is -2.43. The van der Waals surface area contributed by atoms with Gasteiger partial charge in [-0.2, -0.15) is 0 Å². The fourth-order valence-electron chi connectivity index (χ4n) is 16.9. The van der Waals surface area contributed by atoms with Crippen molar-refractivity contribution in [2.75, 3.05) is 198 Å². The highest BCUT2D eigenvalue weighted by Crippen LogP contribution is 2.56. The summed E-state index contributed by atoms with van der Waals surface area (Å²) in [5.74, 6) is 39.0. The van der Waals surface area contributed by atoms with Gasteiger partial charge in [-0.3, -0.25) is 14.4 Å². The van der Waals surface area contributed by atoms with E-state index in [0.717, 1.165) is 135 Å². The van der Waals surface area contributed by atoms with Crippen LogP contribution in [0.4, 0.5) is 24.0 Å². The Morgan fingerprint density at radius 3 is 0.800 bits per heavy atom. The molecule has 6 N–H and O–H groups in total. The van der Waals surface area contributed by atoms with Crippen molar-refractivity contribution in [2.24, 2.45) is 99.9 Å². The highest BCUT2D eigenvalue weighted by atomic mass is 16.8. The molecule has 11 rings (SSSR count). The van der Waals surface area contributed by atoms with E-state index in [1.165, 1.54) is 0 Å². The molecule has 29 nitrogen and oxygen atoms in total. The first-order valence-corrected chi connectivity index (χ1v) is 42.6. The topological polar surface area (TPSA) is 345 Å². The van der Waals surface area contributed by atoms with E-state index < -0.39 is 47.8 Å². The zero-order chi connectivity index (χ0) is 80.8. The maximum Gasteiger partial charge on any atom is 0.533 e. The van der Waals surface area contributed by atoms with Gasteiger partial charge in [0, 0.05) is 116 Å². The normalized spacial score (nSPS) is 27.0. The predicted octanol–water partition coefficient (Wildman–Crippen LogP) is 8.41. The number of carbonyl (C=O) groups is 7. The molecule has 11 aliphatic rings. The molecular formula is C86H128N6O23. The lowest BCUT2D eigenvalue weighted by molar-refractivity contribution is -0.177. The number of imide groups is 1. The van der Waals surface area contributed by atoms with Gasteiger partial charge in [-0.05, 0) is 160 Å². The highest BCUT2D eigenvalue weighted by molar-refractivity contribution is 6.01. The predicted molar refractivity (Wildman–Crippen MR) is 420 cm³/mol. The van der Waals surface area contributed by atoms with E-state index in [0.29, 0.717) is 173 Å². The second-order valence-electron chi connectivity index (χ2n) is 31.2. The summed E-state index contributed by atoms with van der Waals surface area (Å²) in [6, 6.07) is 0. The molecule has 10 aliphatic carbocycles. The van der Waals surface area contributed by atoms with E-state index in [4.69, 9.17) is 76.8 Å². The smallest absolute Gasteiger partial charge is 0.449 e. The van der Waals surface area contributed by atoms with E-state index in [9.17, 15) is 33.6 Å². The van der Waals surface area contributed by atoms with E-state index in [-0.39, 0.29) is 125 Å². The lowest BCUT2D eigenvalue weighted by Gasteiger charge is -2.33. The molecule has 0 aromatic rings. The molecule has 29 heteroatoms. The maximum atomic E-state index is 12.5. The second-order valence-corrected chi connectivity index (χ2v) is 31.2. The number of hydrogen-bond donors (Lipinski definition) is 5. The van der Waals surface area contributed by atoms with Crippen LogP contribution in [0.15, 0.2) is 0 Å². The molecule has 1 heterocycles. The van der Waals surface area contributed by atoms with Gasteiger partial charge < -0.3 is 98.1 Å². The molecule has 1 aliphatic heterocycles. The van der Waals surface area contributed by atoms with Crippen LogP contribution in [-0.2, 0) is 85.5 Å². The molecule has 0 aromatic heterocycles. The van der Waals surface area contributed by atoms with Gasteiger partial charge in [0.05, 0.1) is 164 Å². The zero-order valence-electron chi connectivity index (χ0n) is 67.8. The Hall–Kier alpha value is -7.15. The van der Waals surface area contributed by atoms with Crippen LogP contribution < -0.4 is 27.0 Å². The SMILES string of the molecule is CCOCCOCCN.O=C(NCCOCCOCC(COCCOCCNC(=O)OCC1C2CCC#CCC[C@H]21)(COCCOCCNC(=O)OCC1C2CCC#CCC[C@H]21)COCCOCCNC(=O)OCC1[C@H]2CCC#CCC[C@@H]12)OCC1C2CCC#CCC[C@H]21.O=C(OCC1[C@H]2CCC#CCC[C@@H]12)ON1C(=O)CCC1=O. The maximum absolute atomic E-state index is 12.5. The summed E-state index contributed by atoms with van der Waals surface area (Å²) in [5.41, 5.74) is 4.38. The van der Waals surface area contributed by atoms with Gasteiger partial charge in [0.1, 0.15) is 0 Å². The number of nitrogens with two attached hydrogens (primary N) is 1.